The molecular formula is C11H8NO2-. The second kappa shape index (κ2) is 4.24. The highest BCUT2D eigenvalue weighted by molar-refractivity contribution is 5.83. The second-order valence-electron chi connectivity index (χ2n) is 2.84. The van der Waals surface area contributed by atoms with E-state index in [1.807, 2.05) is 13.0 Å². The fraction of sp³-hybridized carbons (Fsp3) is 0.0909. The fourth-order valence-corrected chi connectivity index (χ4v) is 1.09. The van der Waals surface area contributed by atoms with Crippen molar-refractivity contribution in [2.24, 2.45) is 0 Å². The highest BCUT2D eigenvalue weighted by atomic mass is 16.4. The molecule has 70 valence electrons. The molecule has 3 heteroatoms. The Kier molecular flexibility index (Phi) is 3.03. The number of hydrogen-bond donors (Lipinski definition) is 0. The molecule has 0 saturated heterocycles. The zero-order valence-corrected chi connectivity index (χ0v) is 7.65. The molecule has 0 radical (unpaired) electrons. The average Bonchev–Trinajstić information content (AvgIpc) is 2.15. The Hall–Kier alpha value is -2.08. The Morgan fingerprint density at radius 2 is 2.29 bits per heavy atom. The standard InChI is InChI=1S/C11H9NO2/c1-8-6-9(7-12)2-3-10(8)4-5-11(13)14/h2-6H,1H3,(H,13,14)/p-1/b5-4+. The van der Waals surface area contributed by atoms with Gasteiger partial charge < -0.3 is 9.90 Å². The van der Waals surface area contributed by atoms with Crippen LogP contribution in [0.3, 0.4) is 0 Å². The second-order valence-corrected chi connectivity index (χ2v) is 2.84. The van der Waals surface area contributed by atoms with E-state index in [9.17, 15) is 9.90 Å². The van der Waals surface area contributed by atoms with Gasteiger partial charge in [-0.3, -0.25) is 0 Å². The van der Waals surface area contributed by atoms with Crippen LogP contribution in [0.15, 0.2) is 24.3 Å². The average molecular weight is 186 g/mol. The minimum absolute atomic E-state index is 0.563. The normalized spacial score (nSPS) is 10.0. The van der Waals surface area contributed by atoms with Crippen LogP contribution in [0.5, 0.6) is 0 Å². The Labute approximate surface area is 81.9 Å². The van der Waals surface area contributed by atoms with E-state index < -0.39 is 5.97 Å². The quantitative estimate of drug-likeness (QED) is 0.636. The first-order valence-electron chi connectivity index (χ1n) is 4.03. The molecule has 0 aliphatic rings. The summed E-state index contributed by atoms with van der Waals surface area (Å²) in [6.07, 6.45) is 2.42. The van der Waals surface area contributed by atoms with Crippen molar-refractivity contribution in [1.82, 2.24) is 0 Å². The van der Waals surface area contributed by atoms with Crippen molar-refractivity contribution < 1.29 is 9.90 Å². The number of nitriles is 1. The van der Waals surface area contributed by atoms with Crippen molar-refractivity contribution in [2.75, 3.05) is 0 Å². The van der Waals surface area contributed by atoms with E-state index in [0.717, 1.165) is 17.2 Å². The topological polar surface area (TPSA) is 63.9 Å². The molecule has 0 spiro atoms. The molecule has 14 heavy (non-hydrogen) atoms. The maximum atomic E-state index is 10.2. The lowest BCUT2D eigenvalue weighted by Crippen LogP contribution is -2.18. The van der Waals surface area contributed by atoms with Crippen molar-refractivity contribution in [3.8, 4) is 6.07 Å². The molecule has 0 heterocycles. The molecule has 0 aliphatic heterocycles. The first-order chi connectivity index (χ1) is 6.63. The van der Waals surface area contributed by atoms with E-state index in [1.165, 1.54) is 6.08 Å². The van der Waals surface area contributed by atoms with E-state index in [0.29, 0.717) is 5.56 Å². The third-order valence-corrected chi connectivity index (χ3v) is 1.80. The summed E-state index contributed by atoms with van der Waals surface area (Å²) in [6.45, 7) is 1.82. The summed E-state index contributed by atoms with van der Waals surface area (Å²) in [4.78, 5) is 10.2. The van der Waals surface area contributed by atoms with Crippen LogP contribution in [0.4, 0.5) is 0 Å². The zero-order chi connectivity index (χ0) is 10.6. The summed E-state index contributed by atoms with van der Waals surface area (Å²) in [5.41, 5.74) is 2.20. The molecule has 1 aromatic carbocycles. The highest BCUT2D eigenvalue weighted by Crippen LogP contribution is 2.11. The van der Waals surface area contributed by atoms with E-state index in [-0.39, 0.29) is 0 Å². The van der Waals surface area contributed by atoms with Gasteiger partial charge in [0.15, 0.2) is 0 Å². The van der Waals surface area contributed by atoms with Gasteiger partial charge in [-0.1, -0.05) is 12.1 Å². The number of aryl methyl sites for hydroxylation is 1. The largest absolute Gasteiger partial charge is 0.545 e. The third kappa shape index (κ3) is 2.46. The smallest absolute Gasteiger partial charge is 0.0991 e. The molecule has 0 aliphatic carbocycles. The molecular weight excluding hydrogens is 178 g/mol. The number of nitrogens with zero attached hydrogens (tertiary/aromatic N) is 1. The van der Waals surface area contributed by atoms with Gasteiger partial charge in [0, 0.05) is 0 Å². The Morgan fingerprint density at radius 1 is 1.57 bits per heavy atom. The Balaban J connectivity index is 3.02. The van der Waals surface area contributed by atoms with Crippen LogP contribution in [-0.4, -0.2) is 5.97 Å². The first kappa shape index (κ1) is 10.0. The van der Waals surface area contributed by atoms with E-state index in [2.05, 4.69) is 0 Å². The number of benzene rings is 1. The van der Waals surface area contributed by atoms with E-state index in [4.69, 9.17) is 5.26 Å². The third-order valence-electron chi connectivity index (χ3n) is 1.80. The van der Waals surface area contributed by atoms with Crippen LogP contribution in [0.25, 0.3) is 6.08 Å². The maximum absolute atomic E-state index is 10.2. The van der Waals surface area contributed by atoms with Crippen molar-refractivity contribution in [3.63, 3.8) is 0 Å². The maximum Gasteiger partial charge on any atom is 0.0991 e. The first-order valence-corrected chi connectivity index (χ1v) is 4.03. The van der Waals surface area contributed by atoms with E-state index in [1.54, 1.807) is 18.2 Å². The molecule has 3 nitrogen and oxygen atoms in total. The summed E-state index contributed by atoms with van der Waals surface area (Å²) in [6, 6.07) is 7.05. The lowest BCUT2D eigenvalue weighted by molar-refractivity contribution is -0.297. The van der Waals surface area contributed by atoms with Gasteiger partial charge in [0.1, 0.15) is 0 Å². The number of carboxylic acids is 1. The number of aliphatic carboxylic acids is 1. The van der Waals surface area contributed by atoms with Crippen molar-refractivity contribution in [2.45, 2.75) is 6.92 Å². The Morgan fingerprint density at radius 3 is 2.79 bits per heavy atom. The minimum atomic E-state index is -1.23. The summed E-state index contributed by atoms with van der Waals surface area (Å²) in [5, 5.41) is 18.8. The summed E-state index contributed by atoms with van der Waals surface area (Å²) in [5.74, 6) is -1.23. The molecule has 0 unspecified atom stereocenters. The molecule has 0 bridgehead atoms. The van der Waals surface area contributed by atoms with Gasteiger partial charge in [-0.25, -0.2) is 0 Å². The molecule has 0 aromatic heterocycles. The lowest BCUT2D eigenvalue weighted by Gasteiger charge is -2.00. The van der Waals surface area contributed by atoms with Gasteiger partial charge in [-0.05, 0) is 36.3 Å². The van der Waals surface area contributed by atoms with Crippen LogP contribution >= 0.6 is 0 Å². The van der Waals surface area contributed by atoms with Crippen molar-refractivity contribution in [1.29, 1.82) is 5.26 Å². The molecule has 0 saturated carbocycles. The van der Waals surface area contributed by atoms with Crippen LogP contribution < -0.4 is 5.11 Å². The summed E-state index contributed by atoms with van der Waals surface area (Å²) in [7, 11) is 0. The molecule has 1 aromatic rings. The molecule has 0 amide bonds. The Bertz CT molecular complexity index is 427. The van der Waals surface area contributed by atoms with E-state index >= 15 is 0 Å². The number of carbonyl (C=O) groups excluding carboxylic acids is 1. The molecule has 1 rings (SSSR count). The van der Waals surface area contributed by atoms with Gasteiger partial charge in [0.05, 0.1) is 17.6 Å². The lowest BCUT2D eigenvalue weighted by atomic mass is 10.1. The van der Waals surface area contributed by atoms with Crippen molar-refractivity contribution >= 4 is 12.0 Å². The zero-order valence-electron chi connectivity index (χ0n) is 7.65. The van der Waals surface area contributed by atoms with Crippen LogP contribution in [0.2, 0.25) is 0 Å². The van der Waals surface area contributed by atoms with Gasteiger partial charge in [0.2, 0.25) is 0 Å². The summed E-state index contributed by atoms with van der Waals surface area (Å²) < 4.78 is 0. The number of carboxylic acid groups (broad SMARTS) is 1. The minimum Gasteiger partial charge on any atom is -0.545 e. The predicted molar refractivity (Wildman–Crippen MR) is 49.9 cm³/mol. The van der Waals surface area contributed by atoms with Crippen molar-refractivity contribution in [3.05, 3.63) is 41.0 Å². The number of rotatable bonds is 2. The van der Waals surface area contributed by atoms with Crippen LogP contribution in [0, 0.1) is 18.3 Å². The predicted octanol–water partition coefficient (Wildman–Crippen LogP) is 0.630. The molecule has 0 N–H and O–H groups in total. The molecule has 0 atom stereocenters. The van der Waals surface area contributed by atoms with Crippen LogP contribution in [-0.2, 0) is 4.79 Å². The summed E-state index contributed by atoms with van der Waals surface area (Å²) >= 11 is 0. The number of carbonyl (C=O) groups is 1. The van der Waals surface area contributed by atoms with Gasteiger partial charge in [-0.15, -0.1) is 0 Å². The highest BCUT2D eigenvalue weighted by Gasteiger charge is 1.95. The molecule has 0 fully saturated rings. The monoisotopic (exact) mass is 186 g/mol. The van der Waals surface area contributed by atoms with Gasteiger partial charge in [-0.2, -0.15) is 5.26 Å². The number of hydrogen-bond acceptors (Lipinski definition) is 3. The van der Waals surface area contributed by atoms with Gasteiger partial charge in [0.25, 0.3) is 0 Å². The van der Waals surface area contributed by atoms with Gasteiger partial charge >= 0.3 is 0 Å². The SMILES string of the molecule is Cc1cc(C#N)ccc1/C=C/C(=O)[O-]. The fourth-order valence-electron chi connectivity index (χ4n) is 1.09. The van der Waals surface area contributed by atoms with Crippen LogP contribution in [0.1, 0.15) is 16.7 Å².